The molecular weight excluding hydrogens is 422 g/mol. The molecule has 0 spiro atoms. The summed E-state index contributed by atoms with van der Waals surface area (Å²) in [5.74, 6) is 0.310. The summed E-state index contributed by atoms with van der Waals surface area (Å²) >= 11 is 0. The minimum atomic E-state index is -4.37. The van der Waals surface area contributed by atoms with Crippen LogP contribution in [0.25, 0.3) is 0 Å². The molecule has 9 heteroatoms. The van der Waals surface area contributed by atoms with Gasteiger partial charge in [-0.15, -0.1) is 4.47 Å². The third-order valence-corrected chi connectivity index (χ3v) is 6.44. The van der Waals surface area contributed by atoms with Gasteiger partial charge in [-0.05, 0) is 67.8 Å². The monoisotopic (exact) mass is 449 g/mol. The van der Waals surface area contributed by atoms with Gasteiger partial charge in [-0.3, -0.25) is 10.0 Å². The number of hydrogen-bond acceptors (Lipinski definition) is 7. The van der Waals surface area contributed by atoms with E-state index < -0.39 is 21.8 Å². The number of carbonyl (C=O) groups is 1. The van der Waals surface area contributed by atoms with Crippen LogP contribution in [0.4, 0.5) is 0 Å². The zero-order chi connectivity index (χ0) is 22.3. The molecule has 1 N–H and O–H groups in total. The molecule has 2 aromatic rings. The summed E-state index contributed by atoms with van der Waals surface area (Å²) in [6, 6.07) is 12.6. The van der Waals surface area contributed by atoms with Gasteiger partial charge in [0.05, 0.1) is 11.5 Å². The van der Waals surface area contributed by atoms with E-state index in [2.05, 4.69) is 6.92 Å². The maximum absolute atomic E-state index is 12.6. The highest BCUT2D eigenvalue weighted by Crippen LogP contribution is 2.27. The molecule has 0 aromatic heterocycles. The zero-order valence-corrected chi connectivity index (χ0v) is 18.2. The number of hydroxylamine groups is 1. The van der Waals surface area contributed by atoms with E-state index in [0.717, 1.165) is 18.6 Å². The number of amides is 1. The highest BCUT2D eigenvalue weighted by atomic mass is 32.2. The molecule has 2 aromatic carbocycles. The van der Waals surface area contributed by atoms with Crippen molar-refractivity contribution in [2.75, 3.05) is 19.8 Å². The highest BCUT2D eigenvalue weighted by Gasteiger charge is 2.34. The van der Waals surface area contributed by atoms with Crippen LogP contribution in [0.1, 0.15) is 32.6 Å². The molecule has 1 aliphatic heterocycles. The second kappa shape index (κ2) is 10.6. The van der Waals surface area contributed by atoms with Gasteiger partial charge in [-0.2, -0.15) is 8.42 Å². The van der Waals surface area contributed by atoms with Gasteiger partial charge >= 0.3 is 0 Å². The second-order valence-electron chi connectivity index (χ2n) is 7.22. The molecule has 1 aliphatic rings. The first-order valence-corrected chi connectivity index (χ1v) is 11.7. The van der Waals surface area contributed by atoms with Crippen LogP contribution >= 0.6 is 0 Å². The fourth-order valence-corrected chi connectivity index (χ4v) is 4.14. The summed E-state index contributed by atoms with van der Waals surface area (Å²) < 4.78 is 41.5. The lowest BCUT2D eigenvalue weighted by molar-refractivity contribution is -0.153. The normalized spacial score (nSPS) is 14.8. The van der Waals surface area contributed by atoms with Crippen molar-refractivity contribution in [3.63, 3.8) is 0 Å². The van der Waals surface area contributed by atoms with Crippen LogP contribution < -0.4 is 9.47 Å². The van der Waals surface area contributed by atoms with Gasteiger partial charge in [0.25, 0.3) is 15.9 Å². The first-order valence-electron chi connectivity index (χ1n) is 10.3. The van der Waals surface area contributed by atoms with Crippen LogP contribution in [0.15, 0.2) is 53.4 Å². The van der Waals surface area contributed by atoms with Gasteiger partial charge in [-0.25, -0.2) is 0 Å². The van der Waals surface area contributed by atoms with Crippen LogP contribution in [0, 0.1) is 5.92 Å². The van der Waals surface area contributed by atoms with Crippen LogP contribution in [0.5, 0.6) is 17.2 Å². The molecule has 1 amide bonds. The van der Waals surface area contributed by atoms with Crippen molar-refractivity contribution >= 4 is 15.9 Å². The van der Waals surface area contributed by atoms with E-state index in [1.165, 1.54) is 24.3 Å². The van der Waals surface area contributed by atoms with Gasteiger partial charge < -0.3 is 14.2 Å². The molecule has 0 radical (unpaired) electrons. The number of hydrogen-bond donors (Lipinski definition) is 1. The Bertz CT molecular complexity index is 952. The summed E-state index contributed by atoms with van der Waals surface area (Å²) in [6.07, 6.45) is 2.80. The van der Waals surface area contributed by atoms with Gasteiger partial charge in [0.2, 0.25) is 0 Å². The molecule has 31 heavy (non-hydrogen) atoms. The van der Waals surface area contributed by atoms with Crippen molar-refractivity contribution in [1.29, 1.82) is 0 Å². The number of ether oxygens (including phenoxy) is 3. The highest BCUT2D eigenvalue weighted by molar-refractivity contribution is 7.89. The summed E-state index contributed by atoms with van der Waals surface area (Å²) in [4.78, 5) is 12.1. The predicted octanol–water partition coefficient (Wildman–Crippen LogP) is 3.99. The molecule has 1 fully saturated rings. The summed E-state index contributed by atoms with van der Waals surface area (Å²) in [6.45, 7) is 3.48. The lowest BCUT2D eigenvalue weighted by atomic mass is 10.00. The Balaban J connectivity index is 1.62. The zero-order valence-electron chi connectivity index (χ0n) is 17.4. The molecule has 1 saturated heterocycles. The van der Waals surface area contributed by atoms with Gasteiger partial charge in [0.15, 0.2) is 0 Å². The second-order valence-corrected chi connectivity index (χ2v) is 8.99. The molecule has 0 bridgehead atoms. The molecule has 0 unspecified atom stereocenters. The standard InChI is InChI=1S/C22H27NO7S/c1-2-3-14-29-18-4-6-19(7-5-18)30-20-8-10-21(11-9-20)31(26,27)23(25)22(24)17-12-15-28-16-13-17/h4-11,17,25H,2-3,12-16H2,1H3. The van der Waals surface area contributed by atoms with Crippen molar-refractivity contribution in [1.82, 2.24) is 4.47 Å². The SMILES string of the molecule is CCCCOc1ccc(Oc2ccc(S(=O)(=O)N(O)C(=O)C3CCOCC3)cc2)cc1. The quantitative estimate of drug-likeness (QED) is 0.351. The van der Waals surface area contributed by atoms with E-state index >= 15 is 0 Å². The third-order valence-electron chi connectivity index (χ3n) is 4.93. The number of rotatable bonds is 9. The van der Waals surface area contributed by atoms with Crippen LogP contribution in [-0.2, 0) is 19.6 Å². The molecule has 1 heterocycles. The number of nitrogens with zero attached hydrogens (tertiary/aromatic N) is 1. The molecule has 168 valence electrons. The van der Waals surface area contributed by atoms with Crippen LogP contribution in [0.3, 0.4) is 0 Å². The Morgan fingerprint density at radius 1 is 1.03 bits per heavy atom. The number of unbranched alkanes of at least 4 members (excludes halogenated alkanes) is 1. The van der Waals surface area contributed by atoms with Gasteiger partial charge in [0, 0.05) is 19.1 Å². The first-order chi connectivity index (χ1) is 14.9. The smallest absolute Gasteiger partial charge is 0.289 e. The van der Waals surface area contributed by atoms with Crippen LogP contribution in [0.2, 0.25) is 0 Å². The predicted molar refractivity (Wildman–Crippen MR) is 113 cm³/mol. The lowest BCUT2D eigenvalue weighted by Gasteiger charge is -2.24. The van der Waals surface area contributed by atoms with Crippen molar-refractivity contribution in [2.24, 2.45) is 5.92 Å². The Morgan fingerprint density at radius 2 is 1.58 bits per heavy atom. The topological polar surface area (TPSA) is 102 Å². The van der Waals surface area contributed by atoms with Crippen molar-refractivity contribution < 1.29 is 32.6 Å². The summed E-state index contributed by atoms with van der Waals surface area (Å²) in [5.41, 5.74) is 0. The number of benzene rings is 2. The van der Waals surface area contributed by atoms with E-state index in [1.54, 1.807) is 24.3 Å². The van der Waals surface area contributed by atoms with Gasteiger partial charge in [-0.1, -0.05) is 13.3 Å². The molecule has 8 nitrogen and oxygen atoms in total. The Hall–Kier alpha value is -2.62. The van der Waals surface area contributed by atoms with Crippen molar-refractivity contribution in [2.45, 2.75) is 37.5 Å². The maximum Gasteiger partial charge on any atom is 0.289 e. The number of sulfonamides is 1. The average molecular weight is 450 g/mol. The van der Waals surface area contributed by atoms with E-state index in [0.29, 0.717) is 44.2 Å². The Morgan fingerprint density at radius 3 is 2.16 bits per heavy atom. The Kier molecular flexibility index (Phi) is 7.89. The largest absolute Gasteiger partial charge is 0.494 e. The minimum Gasteiger partial charge on any atom is -0.494 e. The van der Waals surface area contributed by atoms with Crippen LogP contribution in [-0.4, -0.2) is 43.8 Å². The van der Waals surface area contributed by atoms with Crippen molar-refractivity contribution in [3.8, 4) is 17.2 Å². The molecule has 3 rings (SSSR count). The van der Waals surface area contributed by atoms with Crippen molar-refractivity contribution in [3.05, 3.63) is 48.5 Å². The summed E-state index contributed by atoms with van der Waals surface area (Å²) in [5, 5.41) is 10.1. The molecule has 0 saturated carbocycles. The van der Waals surface area contributed by atoms with E-state index in [9.17, 15) is 18.4 Å². The van der Waals surface area contributed by atoms with E-state index in [-0.39, 0.29) is 9.36 Å². The van der Waals surface area contributed by atoms with E-state index in [4.69, 9.17) is 14.2 Å². The van der Waals surface area contributed by atoms with Gasteiger partial charge in [0.1, 0.15) is 17.2 Å². The molecular formula is C22H27NO7S. The third kappa shape index (κ3) is 5.96. The van der Waals surface area contributed by atoms with E-state index in [1.807, 2.05) is 0 Å². The maximum atomic E-state index is 12.6. The average Bonchev–Trinajstić information content (AvgIpc) is 2.80. The number of carbonyl (C=O) groups excluding carboxylic acids is 1. The first kappa shape index (κ1) is 23.1. The minimum absolute atomic E-state index is 0.157. The summed E-state index contributed by atoms with van der Waals surface area (Å²) in [7, 11) is -4.37. The Labute approximate surface area is 182 Å². The fourth-order valence-electron chi connectivity index (χ4n) is 3.07. The fraction of sp³-hybridized carbons (Fsp3) is 0.409. The molecule has 0 atom stereocenters. The molecule has 0 aliphatic carbocycles. The lowest BCUT2D eigenvalue weighted by Crippen LogP contribution is -2.40.